The minimum Gasteiger partial charge on any atom is -0.310 e. The van der Waals surface area contributed by atoms with Crippen molar-refractivity contribution in [2.75, 3.05) is 0 Å². The highest BCUT2D eigenvalue weighted by molar-refractivity contribution is 5.86. The van der Waals surface area contributed by atoms with E-state index in [1.807, 2.05) is 79.9 Å². The lowest BCUT2D eigenvalue weighted by molar-refractivity contribution is 0.765. The number of fused-ring (bicyclic) bond motifs is 3. The lowest BCUT2D eigenvalue weighted by Crippen LogP contribution is -2.21. The second-order valence-electron chi connectivity index (χ2n) is 6.85. The van der Waals surface area contributed by atoms with E-state index in [-0.39, 0.29) is 5.56 Å². The summed E-state index contributed by atoms with van der Waals surface area (Å²) in [6, 6.07) is 22.0. The molecule has 0 radical (unpaired) electrons. The molecule has 0 aliphatic heterocycles. The quantitative estimate of drug-likeness (QED) is 0.484. The van der Waals surface area contributed by atoms with E-state index in [9.17, 15) is 4.79 Å². The third kappa shape index (κ3) is 2.60. The molecule has 136 valence electrons. The summed E-state index contributed by atoms with van der Waals surface area (Å²) in [6.45, 7) is 2.50. The van der Waals surface area contributed by atoms with Gasteiger partial charge in [-0.1, -0.05) is 60.7 Å². The van der Waals surface area contributed by atoms with Crippen molar-refractivity contribution in [1.29, 1.82) is 0 Å². The average molecular weight is 366 g/mol. The second-order valence-corrected chi connectivity index (χ2v) is 6.85. The second kappa shape index (κ2) is 6.46. The molecule has 0 atom stereocenters. The van der Waals surface area contributed by atoms with Crippen molar-refractivity contribution in [2.45, 2.75) is 13.5 Å². The van der Waals surface area contributed by atoms with E-state index >= 15 is 0 Å². The number of benzene rings is 2. The Bertz CT molecular complexity index is 1350. The van der Waals surface area contributed by atoms with Gasteiger partial charge in [-0.25, -0.2) is 9.50 Å². The standard InChI is InChI=1S/C23H18N4O/c1-16-21(18-10-6-3-7-11-18)22-24-14-19-20(27(22)25-16)12-13-26(23(19)28)15-17-8-4-2-5-9-17/h2-14H,15H2,1H3. The fraction of sp³-hybridized carbons (Fsp3) is 0.0870. The van der Waals surface area contributed by atoms with Gasteiger partial charge in [-0.15, -0.1) is 0 Å². The summed E-state index contributed by atoms with van der Waals surface area (Å²) in [5.41, 5.74) is 5.50. The zero-order chi connectivity index (χ0) is 19.1. The van der Waals surface area contributed by atoms with Crippen LogP contribution in [0.3, 0.4) is 0 Å². The fourth-order valence-electron chi connectivity index (χ4n) is 3.66. The Kier molecular flexibility index (Phi) is 3.79. The van der Waals surface area contributed by atoms with Crippen LogP contribution in [0.5, 0.6) is 0 Å². The lowest BCUT2D eigenvalue weighted by atomic mass is 10.1. The number of rotatable bonds is 3. The summed E-state index contributed by atoms with van der Waals surface area (Å²) in [6.07, 6.45) is 3.50. The summed E-state index contributed by atoms with van der Waals surface area (Å²) < 4.78 is 3.49. The summed E-state index contributed by atoms with van der Waals surface area (Å²) in [4.78, 5) is 17.6. The summed E-state index contributed by atoms with van der Waals surface area (Å²) in [7, 11) is 0. The molecule has 0 saturated heterocycles. The number of hydrogen-bond donors (Lipinski definition) is 0. The minimum atomic E-state index is -0.0647. The van der Waals surface area contributed by atoms with Crippen LogP contribution in [0.25, 0.3) is 27.7 Å². The third-order valence-corrected chi connectivity index (χ3v) is 5.02. The van der Waals surface area contributed by atoms with E-state index in [1.54, 1.807) is 15.3 Å². The summed E-state index contributed by atoms with van der Waals surface area (Å²) in [5.74, 6) is 0. The Morgan fingerprint density at radius 1 is 0.929 bits per heavy atom. The van der Waals surface area contributed by atoms with Crippen molar-refractivity contribution >= 4 is 16.6 Å². The lowest BCUT2D eigenvalue weighted by Gasteiger charge is -2.08. The van der Waals surface area contributed by atoms with Crippen molar-refractivity contribution in [3.63, 3.8) is 0 Å². The maximum Gasteiger partial charge on any atom is 0.261 e. The first kappa shape index (κ1) is 16.4. The molecular weight excluding hydrogens is 348 g/mol. The van der Waals surface area contributed by atoms with E-state index in [4.69, 9.17) is 0 Å². The normalized spacial score (nSPS) is 11.3. The Morgan fingerprint density at radius 2 is 1.64 bits per heavy atom. The molecule has 0 amide bonds. The van der Waals surface area contributed by atoms with Gasteiger partial charge in [0.2, 0.25) is 0 Å². The van der Waals surface area contributed by atoms with Crippen LogP contribution in [0, 0.1) is 6.92 Å². The molecule has 0 aliphatic rings. The van der Waals surface area contributed by atoms with Gasteiger partial charge in [0.25, 0.3) is 5.56 Å². The molecular formula is C23H18N4O. The van der Waals surface area contributed by atoms with Gasteiger partial charge in [-0.2, -0.15) is 5.10 Å². The van der Waals surface area contributed by atoms with Gasteiger partial charge in [0.15, 0.2) is 5.65 Å². The van der Waals surface area contributed by atoms with Crippen molar-refractivity contribution in [3.8, 4) is 11.1 Å². The molecule has 3 heterocycles. The van der Waals surface area contributed by atoms with Crippen LogP contribution >= 0.6 is 0 Å². The largest absolute Gasteiger partial charge is 0.310 e. The fourth-order valence-corrected chi connectivity index (χ4v) is 3.66. The number of aromatic nitrogens is 4. The van der Waals surface area contributed by atoms with E-state index in [0.29, 0.717) is 11.9 Å². The molecule has 3 aromatic heterocycles. The average Bonchev–Trinajstić information content (AvgIpc) is 3.07. The highest BCUT2D eigenvalue weighted by atomic mass is 16.1. The molecule has 0 spiro atoms. The Labute approximate surface area is 161 Å². The molecule has 5 rings (SSSR count). The Balaban J connectivity index is 1.70. The Hall–Kier alpha value is -3.73. The molecule has 0 unspecified atom stereocenters. The van der Waals surface area contributed by atoms with Gasteiger partial charge in [0.05, 0.1) is 23.1 Å². The van der Waals surface area contributed by atoms with Crippen molar-refractivity contribution in [3.05, 3.63) is 101 Å². The first-order chi connectivity index (χ1) is 13.7. The van der Waals surface area contributed by atoms with Crippen LogP contribution < -0.4 is 5.56 Å². The van der Waals surface area contributed by atoms with Gasteiger partial charge in [-0.3, -0.25) is 4.79 Å². The van der Waals surface area contributed by atoms with E-state index in [2.05, 4.69) is 10.1 Å². The number of hydrogen-bond acceptors (Lipinski definition) is 3. The van der Waals surface area contributed by atoms with E-state index < -0.39 is 0 Å². The van der Waals surface area contributed by atoms with E-state index in [0.717, 1.165) is 33.5 Å². The first-order valence-electron chi connectivity index (χ1n) is 9.19. The number of pyridine rings is 1. The highest BCUT2D eigenvalue weighted by Crippen LogP contribution is 2.28. The summed E-state index contributed by atoms with van der Waals surface area (Å²) >= 11 is 0. The Morgan fingerprint density at radius 3 is 2.39 bits per heavy atom. The monoisotopic (exact) mass is 366 g/mol. The molecule has 28 heavy (non-hydrogen) atoms. The van der Waals surface area contributed by atoms with Crippen LogP contribution in [0.2, 0.25) is 0 Å². The first-order valence-corrected chi connectivity index (χ1v) is 9.19. The van der Waals surface area contributed by atoms with Crippen LogP contribution in [0.4, 0.5) is 0 Å². The predicted octanol–water partition coefficient (Wildman–Crippen LogP) is 4.07. The zero-order valence-electron chi connectivity index (χ0n) is 15.4. The molecule has 0 saturated carbocycles. The molecule has 5 heteroatoms. The van der Waals surface area contributed by atoms with E-state index in [1.165, 1.54) is 0 Å². The topological polar surface area (TPSA) is 52.2 Å². The molecule has 5 nitrogen and oxygen atoms in total. The van der Waals surface area contributed by atoms with Crippen molar-refractivity contribution in [1.82, 2.24) is 19.2 Å². The molecule has 0 bridgehead atoms. The zero-order valence-corrected chi connectivity index (χ0v) is 15.4. The molecule has 2 aromatic carbocycles. The molecule has 0 N–H and O–H groups in total. The van der Waals surface area contributed by atoms with Crippen LogP contribution in [0.15, 0.2) is 83.9 Å². The van der Waals surface area contributed by atoms with Gasteiger partial charge in [-0.05, 0) is 24.1 Å². The smallest absolute Gasteiger partial charge is 0.261 e. The highest BCUT2D eigenvalue weighted by Gasteiger charge is 2.16. The van der Waals surface area contributed by atoms with Gasteiger partial charge in [0, 0.05) is 18.0 Å². The van der Waals surface area contributed by atoms with Gasteiger partial charge >= 0.3 is 0 Å². The summed E-state index contributed by atoms with van der Waals surface area (Å²) in [5, 5.41) is 5.24. The van der Waals surface area contributed by atoms with Crippen LogP contribution in [-0.2, 0) is 6.54 Å². The van der Waals surface area contributed by atoms with Crippen LogP contribution in [0.1, 0.15) is 11.3 Å². The maximum absolute atomic E-state index is 13.0. The SMILES string of the molecule is Cc1nn2c(ncc3c(=O)n(Cc4ccccc4)ccc32)c1-c1ccccc1. The van der Waals surface area contributed by atoms with Crippen LogP contribution in [-0.4, -0.2) is 19.2 Å². The van der Waals surface area contributed by atoms with Gasteiger partial charge < -0.3 is 4.57 Å². The van der Waals surface area contributed by atoms with Crippen molar-refractivity contribution < 1.29 is 0 Å². The molecule has 5 aromatic rings. The molecule has 0 aliphatic carbocycles. The van der Waals surface area contributed by atoms with Gasteiger partial charge in [0.1, 0.15) is 0 Å². The van der Waals surface area contributed by atoms with Crippen molar-refractivity contribution in [2.24, 2.45) is 0 Å². The maximum atomic E-state index is 13.0. The molecule has 0 fully saturated rings. The predicted molar refractivity (Wildman–Crippen MR) is 110 cm³/mol. The number of nitrogens with zero attached hydrogens (tertiary/aromatic N) is 4. The third-order valence-electron chi connectivity index (χ3n) is 5.02. The number of aryl methyl sites for hydroxylation is 1. The minimum absolute atomic E-state index is 0.0647.